The van der Waals surface area contributed by atoms with Gasteiger partial charge in [0.05, 0.1) is 22.2 Å². The zero-order valence-corrected chi connectivity index (χ0v) is 22.9. The Morgan fingerprint density at radius 2 is 1.26 bits per heavy atom. The van der Waals surface area contributed by atoms with Crippen molar-refractivity contribution in [3.05, 3.63) is 121 Å². The summed E-state index contributed by atoms with van der Waals surface area (Å²) in [5.74, 6) is 0. The van der Waals surface area contributed by atoms with Crippen LogP contribution in [0.25, 0.3) is 76.7 Å². The van der Waals surface area contributed by atoms with Crippen LogP contribution in [0.3, 0.4) is 0 Å². The number of aldehydes is 1. The van der Waals surface area contributed by atoms with E-state index in [0.29, 0.717) is 5.56 Å². The van der Waals surface area contributed by atoms with Crippen molar-refractivity contribution >= 4 is 94.7 Å². The smallest absolute Gasteiger partial charge is 0.252 e. The summed E-state index contributed by atoms with van der Waals surface area (Å²) in [6, 6.07) is 39.4. The number of para-hydroxylation sites is 4. The van der Waals surface area contributed by atoms with Crippen LogP contribution in [0.2, 0.25) is 0 Å². The van der Waals surface area contributed by atoms with Crippen LogP contribution in [-0.2, 0) is 0 Å². The molecule has 2 aliphatic rings. The quantitative estimate of drug-likeness (QED) is 0.134. The summed E-state index contributed by atoms with van der Waals surface area (Å²) in [7, 11) is 0. The van der Waals surface area contributed by atoms with E-state index in [1.807, 2.05) is 18.3 Å². The molecular formula is C38H20BN3O. The number of fused-ring (bicyclic) bond motifs is 14. The standard InChI is InChI=1S/C38H20BN3O/c43-20-21-15-16-23-22(17-21)19-40-35-28(23)18-33-34-38(35)42-32-14-4-2-8-25(32)27-10-6-12-30(37(27)42)39(34)29-11-5-9-26-24-7-1-3-13-31(24)41(33)36(26)29/h1-20H. The number of aromatic nitrogens is 3. The summed E-state index contributed by atoms with van der Waals surface area (Å²) in [6.07, 6.45) is 2.84. The predicted octanol–water partition coefficient (Wildman–Crippen LogP) is 6.54. The molecule has 0 amide bonds. The molecule has 11 rings (SSSR count). The molecule has 0 saturated heterocycles. The summed E-state index contributed by atoms with van der Waals surface area (Å²) in [6.45, 7) is 0.0744. The van der Waals surface area contributed by atoms with Crippen LogP contribution in [-0.4, -0.2) is 27.1 Å². The Morgan fingerprint density at radius 3 is 1.98 bits per heavy atom. The first-order valence-corrected chi connectivity index (χ1v) is 14.7. The lowest BCUT2D eigenvalue weighted by molar-refractivity contribution is 0.112. The molecule has 9 aromatic rings. The molecule has 0 saturated carbocycles. The maximum absolute atomic E-state index is 11.7. The molecule has 6 aromatic carbocycles. The van der Waals surface area contributed by atoms with Gasteiger partial charge in [-0.25, -0.2) is 0 Å². The normalized spacial score (nSPS) is 13.2. The molecule has 5 heterocycles. The SMILES string of the molecule is O=Cc1ccc2c(cnc3c4c5c(cc32)-n2c3ccccc3c3cccc(c32)B5c2cccc3c5ccccc5n-4c23)c1. The van der Waals surface area contributed by atoms with E-state index in [0.717, 1.165) is 33.6 Å². The number of hydrogen-bond donors (Lipinski definition) is 0. The second-order valence-electron chi connectivity index (χ2n) is 11.9. The zero-order valence-electron chi connectivity index (χ0n) is 22.9. The zero-order chi connectivity index (χ0) is 28.0. The average Bonchev–Trinajstić information content (AvgIpc) is 3.58. The van der Waals surface area contributed by atoms with E-state index in [1.54, 1.807) is 0 Å². The van der Waals surface area contributed by atoms with Crippen molar-refractivity contribution in [2.24, 2.45) is 0 Å². The Balaban J connectivity index is 1.46. The fourth-order valence-electron chi connectivity index (χ4n) is 8.35. The van der Waals surface area contributed by atoms with E-state index in [2.05, 4.69) is 106 Å². The number of nitrogens with zero attached hydrogens (tertiary/aromatic N) is 3. The first-order chi connectivity index (χ1) is 21.3. The van der Waals surface area contributed by atoms with Gasteiger partial charge in [-0.2, -0.15) is 0 Å². The molecule has 0 unspecified atom stereocenters. The largest absolute Gasteiger partial charge is 0.310 e. The highest BCUT2D eigenvalue weighted by Gasteiger charge is 2.41. The summed E-state index contributed by atoms with van der Waals surface area (Å²) in [5, 5.41) is 8.24. The highest BCUT2D eigenvalue weighted by Crippen LogP contribution is 2.41. The molecule has 0 fully saturated rings. The van der Waals surface area contributed by atoms with Crippen molar-refractivity contribution in [1.82, 2.24) is 14.1 Å². The number of rotatable bonds is 1. The van der Waals surface area contributed by atoms with E-state index in [1.165, 1.54) is 65.7 Å². The number of benzene rings is 6. The maximum Gasteiger partial charge on any atom is 0.252 e. The van der Waals surface area contributed by atoms with Crippen LogP contribution < -0.4 is 16.4 Å². The van der Waals surface area contributed by atoms with Gasteiger partial charge in [0.2, 0.25) is 0 Å². The van der Waals surface area contributed by atoms with Gasteiger partial charge in [-0.05, 0) is 46.0 Å². The van der Waals surface area contributed by atoms with Gasteiger partial charge in [0.25, 0.3) is 6.71 Å². The summed E-state index contributed by atoms with van der Waals surface area (Å²) in [5.41, 5.74) is 12.9. The second-order valence-corrected chi connectivity index (χ2v) is 11.9. The summed E-state index contributed by atoms with van der Waals surface area (Å²) in [4.78, 5) is 16.8. The second kappa shape index (κ2) is 7.39. The fraction of sp³-hybridized carbons (Fsp3) is 0. The van der Waals surface area contributed by atoms with E-state index in [-0.39, 0.29) is 6.71 Å². The molecule has 0 bridgehead atoms. The Hall–Kier alpha value is -5.68. The lowest BCUT2D eigenvalue weighted by Gasteiger charge is -2.34. The highest BCUT2D eigenvalue weighted by molar-refractivity contribution is 7.00. The van der Waals surface area contributed by atoms with Gasteiger partial charge in [-0.15, -0.1) is 0 Å². The van der Waals surface area contributed by atoms with Gasteiger partial charge in [0.15, 0.2) is 0 Å². The third-order valence-electron chi connectivity index (χ3n) is 9.95. The van der Waals surface area contributed by atoms with Crippen molar-refractivity contribution in [3.63, 3.8) is 0 Å². The molecule has 196 valence electrons. The third-order valence-corrected chi connectivity index (χ3v) is 9.95. The first kappa shape index (κ1) is 22.0. The Labute approximate surface area is 245 Å². The number of carbonyl (C=O) groups excluding carboxylic acids is 1. The molecule has 4 nitrogen and oxygen atoms in total. The highest BCUT2D eigenvalue weighted by atomic mass is 16.1. The van der Waals surface area contributed by atoms with Gasteiger partial charge >= 0.3 is 0 Å². The lowest BCUT2D eigenvalue weighted by Crippen LogP contribution is -2.59. The van der Waals surface area contributed by atoms with Gasteiger partial charge < -0.3 is 9.13 Å². The minimum atomic E-state index is 0.0744. The average molecular weight is 545 g/mol. The van der Waals surface area contributed by atoms with Crippen LogP contribution in [0.15, 0.2) is 115 Å². The predicted molar refractivity (Wildman–Crippen MR) is 178 cm³/mol. The Kier molecular flexibility index (Phi) is 3.78. The first-order valence-electron chi connectivity index (χ1n) is 14.7. The number of pyridine rings is 1. The molecule has 43 heavy (non-hydrogen) atoms. The molecule has 0 radical (unpaired) electrons. The van der Waals surface area contributed by atoms with Crippen molar-refractivity contribution in [3.8, 4) is 11.4 Å². The van der Waals surface area contributed by atoms with Crippen LogP contribution >= 0.6 is 0 Å². The molecule has 0 atom stereocenters. The molecular weight excluding hydrogens is 525 g/mol. The van der Waals surface area contributed by atoms with E-state index >= 15 is 0 Å². The van der Waals surface area contributed by atoms with Gasteiger partial charge in [-0.3, -0.25) is 9.78 Å². The van der Waals surface area contributed by atoms with Crippen molar-refractivity contribution in [1.29, 1.82) is 0 Å². The van der Waals surface area contributed by atoms with Crippen molar-refractivity contribution in [2.75, 3.05) is 0 Å². The van der Waals surface area contributed by atoms with Crippen LogP contribution in [0, 0.1) is 0 Å². The molecule has 0 aliphatic carbocycles. The van der Waals surface area contributed by atoms with Gasteiger partial charge in [0.1, 0.15) is 6.29 Å². The topological polar surface area (TPSA) is 39.8 Å². The van der Waals surface area contributed by atoms with Gasteiger partial charge in [0, 0.05) is 60.8 Å². The Bertz CT molecular complexity index is 2770. The summed E-state index contributed by atoms with van der Waals surface area (Å²) < 4.78 is 4.97. The van der Waals surface area contributed by atoms with E-state index in [9.17, 15) is 4.79 Å². The van der Waals surface area contributed by atoms with Crippen LogP contribution in [0.4, 0.5) is 0 Å². The fourth-order valence-corrected chi connectivity index (χ4v) is 8.35. The monoisotopic (exact) mass is 545 g/mol. The van der Waals surface area contributed by atoms with Crippen LogP contribution in [0.5, 0.6) is 0 Å². The minimum absolute atomic E-state index is 0.0744. The van der Waals surface area contributed by atoms with Crippen molar-refractivity contribution < 1.29 is 4.79 Å². The number of hydrogen-bond acceptors (Lipinski definition) is 2. The molecule has 3 aromatic heterocycles. The lowest BCUT2D eigenvalue weighted by atomic mass is 9.34. The summed E-state index contributed by atoms with van der Waals surface area (Å²) >= 11 is 0. The molecule has 5 heteroatoms. The van der Waals surface area contributed by atoms with E-state index in [4.69, 9.17) is 4.98 Å². The number of carbonyl (C=O) groups is 1. The van der Waals surface area contributed by atoms with Crippen molar-refractivity contribution in [2.45, 2.75) is 0 Å². The maximum atomic E-state index is 11.7. The Morgan fingerprint density at radius 1 is 0.605 bits per heavy atom. The molecule has 0 spiro atoms. The van der Waals surface area contributed by atoms with E-state index < -0.39 is 0 Å². The van der Waals surface area contributed by atoms with Gasteiger partial charge in [-0.1, -0.05) is 84.9 Å². The third kappa shape index (κ3) is 2.44. The minimum Gasteiger partial charge on any atom is -0.310 e. The molecule has 0 N–H and O–H groups in total. The molecule has 2 aliphatic heterocycles. The van der Waals surface area contributed by atoms with Crippen LogP contribution in [0.1, 0.15) is 10.4 Å².